The van der Waals surface area contributed by atoms with Gasteiger partial charge in [-0.25, -0.2) is 9.79 Å². The summed E-state index contributed by atoms with van der Waals surface area (Å²) >= 11 is 0. The number of benzene rings is 2. The van der Waals surface area contributed by atoms with E-state index in [9.17, 15) is 27.6 Å². The van der Waals surface area contributed by atoms with Crippen molar-refractivity contribution in [2.45, 2.75) is 25.6 Å². The van der Waals surface area contributed by atoms with Crippen LogP contribution in [0.1, 0.15) is 13.3 Å². The minimum atomic E-state index is -4.43. The number of hydrogen-bond donors (Lipinski definition) is 1. The van der Waals surface area contributed by atoms with Crippen molar-refractivity contribution < 1.29 is 27.5 Å². The molecule has 168 valence electrons. The number of aromatic nitrogens is 1. The van der Waals surface area contributed by atoms with Crippen molar-refractivity contribution in [3.05, 3.63) is 64.2 Å². The molecule has 0 aliphatic heterocycles. The Kier molecular flexibility index (Phi) is 6.61. The summed E-state index contributed by atoms with van der Waals surface area (Å²) in [6.07, 6.45) is -8.26. The van der Waals surface area contributed by atoms with Gasteiger partial charge < -0.3 is 14.6 Å². The summed E-state index contributed by atoms with van der Waals surface area (Å²) in [7, 11) is 1.56. The molecule has 0 aliphatic carbocycles. The highest BCUT2D eigenvalue weighted by atomic mass is 19.4. The maximum absolute atomic E-state index is 13.1. The Morgan fingerprint density at radius 1 is 1.06 bits per heavy atom. The first-order valence-electron chi connectivity index (χ1n) is 9.69. The molecule has 0 bridgehead atoms. The molecule has 3 rings (SSSR count). The number of nitrogens with one attached hydrogen (secondary N) is 1. The maximum atomic E-state index is 13.1. The fourth-order valence-corrected chi connectivity index (χ4v) is 3.17. The number of alkyl carbamates (subject to hydrolysis) is 1. The molecule has 10 heteroatoms. The van der Waals surface area contributed by atoms with Crippen LogP contribution in [-0.2, 0) is 16.6 Å². The molecule has 2 amide bonds. The van der Waals surface area contributed by atoms with E-state index in [2.05, 4.69) is 4.99 Å². The summed E-state index contributed by atoms with van der Waals surface area (Å²) in [5.41, 5.74) is 0.105. The lowest BCUT2D eigenvalue weighted by molar-refractivity contribution is -0.133. The van der Waals surface area contributed by atoms with Crippen LogP contribution in [0, 0.1) is 0 Å². The second kappa shape index (κ2) is 9.21. The summed E-state index contributed by atoms with van der Waals surface area (Å²) in [5, 5.41) is 3.71. The Morgan fingerprint density at radius 3 is 2.31 bits per heavy atom. The van der Waals surface area contributed by atoms with Crippen LogP contribution < -0.4 is 16.2 Å². The van der Waals surface area contributed by atoms with Crippen LogP contribution >= 0.6 is 0 Å². The number of aryl methyl sites for hydroxylation is 1. The van der Waals surface area contributed by atoms with Crippen molar-refractivity contribution in [1.29, 1.82) is 0 Å². The first-order valence-corrected chi connectivity index (χ1v) is 9.69. The molecule has 0 radical (unpaired) electrons. The molecule has 1 aromatic heterocycles. The Morgan fingerprint density at radius 2 is 1.66 bits per heavy atom. The quantitative estimate of drug-likeness (QED) is 0.665. The minimum Gasteiger partial charge on any atom is -0.436 e. The third-order valence-corrected chi connectivity index (χ3v) is 4.78. The Hall–Kier alpha value is -3.69. The van der Waals surface area contributed by atoms with Gasteiger partial charge in [-0.2, -0.15) is 13.2 Å². The van der Waals surface area contributed by atoms with Crippen LogP contribution in [0.3, 0.4) is 0 Å². The van der Waals surface area contributed by atoms with Crippen LogP contribution in [-0.4, -0.2) is 35.4 Å². The summed E-state index contributed by atoms with van der Waals surface area (Å²) < 4.78 is 42.7. The number of rotatable bonds is 4. The van der Waals surface area contributed by atoms with E-state index < -0.39 is 42.8 Å². The molecule has 3 aromatic rings. The topological polar surface area (TPSA) is 89.8 Å². The van der Waals surface area contributed by atoms with E-state index in [0.717, 1.165) is 5.39 Å². The zero-order chi connectivity index (χ0) is 23.5. The molecule has 32 heavy (non-hydrogen) atoms. The number of carbonyl (C=O) groups excluding carboxylic acids is 2. The second-order valence-electron chi connectivity index (χ2n) is 7.07. The van der Waals surface area contributed by atoms with Gasteiger partial charge in [0.25, 0.3) is 11.5 Å². The van der Waals surface area contributed by atoms with Gasteiger partial charge in [0.2, 0.25) is 0 Å². The molecular formula is C22H20F3N3O4. The van der Waals surface area contributed by atoms with E-state index in [1.54, 1.807) is 43.4 Å². The van der Waals surface area contributed by atoms with Crippen molar-refractivity contribution in [3.8, 4) is 0 Å². The van der Waals surface area contributed by atoms with Gasteiger partial charge in [-0.05, 0) is 18.4 Å². The molecular weight excluding hydrogens is 427 g/mol. The third kappa shape index (κ3) is 5.13. The largest absolute Gasteiger partial charge is 0.436 e. The molecule has 1 heterocycles. The van der Waals surface area contributed by atoms with Crippen molar-refractivity contribution in [2.75, 3.05) is 6.54 Å². The molecule has 1 N–H and O–H groups in total. The van der Waals surface area contributed by atoms with Gasteiger partial charge in [-0.15, -0.1) is 0 Å². The molecule has 0 saturated heterocycles. The van der Waals surface area contributed by atoms with Crippen LogP contribution in [0.15, 0.2) is 58.3 Å². The molecule has 7 nitrogen and oxygen atoms in total. The van der Waals surface area contributed by atoms with Crippen LogP contribution in [0.5, 0.6) is 0 Å². The number of para-hydroxylation sites is 1. The van der Waals surface area contributed by atoms with Gasteiger partial charge in [-0.1, -0.05) is 42.5 Å². The summed E-state index contributed by atoms with van der Waals surface area (Å²) in [6.45, 7) is 0.536. The normalized spacial score (nSPS) is 13.2. The fraction of sp³-hybridized carbons (Fsp3) is 0.273. The highest BCUT2D eigenvalue weighted by molar-refractivity contribution is 6.04. The molecule has 0 unspecified atom stereocenters. The first-order chi connectivity index (χ1) is 15.1. The number of alkyl halides is 3. The minimum absolute atomic E-state index is 0.128. The van der Waals surface area contributed by atoms with Crippen molar-refractivity contribution >= 4 is 33.7 Å². The first kappa shape index (κ1) is 23.0. The number of nitrogens with zero attached hydrogens (tertiary/aromatic N) is 2. The maximum Gasteiger partial charge on any atom is 0.407 e. The molecule has 0 aliphatic rings. The predicted molar refractivity (Wildman–Crippen MR) is 112 cm³/mol. The van der Waals surface area contributed by atoms with E-state index in [4.69, 9.17) is 4.74 Å². The number of amides is 2. The van der Waals surface area contributed by atoms with Crippen molar-refractivity contribution in [2.24, 2.45) is 12.0 Å². The highest BCUT2D eigenvalue weighted by Crippen LogP contribution is 2.20. The molecule has 2 aromatic carbocycles. The number of fused-ring (bicyclic) bond motifs is 3. The van der Waals surface area contributed by atoms with E-state index in [-0.39, 0.29) is 5.36 Å². The Balaban J connectivity index is 1.99. The van der Waals surface area contributed by atoms with Crippen molar-refractivity contribution in [1.82, 2.24) is 9.88 Å². The van der Waals surface area contributed by atoms with Gasteiger partial charge in [-0.3, -0.25) is 9.59 Å². The van der Waals surface area contributed by atoms with Gasteiger partial charge in [0.05, 0.1) is 11.9 Å². The van der Waals surface area contributed by atoms with E-state index in [0.29, 0.717) is 16.3 Å². The monoisotopic (exact) mass is 447 g/mol. The molecule has 1 atom stereocenters. The van der Waals surface area contributed by atoms with Crippen LogP contribution in [0.4, 0.5) is 18.0 Å². The zero-order valence-electron chi connectivity index (χ0n) is 17.3. The fourth-order valence-electron chi connectivity index (χ4n) is 3.17. The van der Waals surface area contributed by atoms with E-state index >= 15 is 0 Å². The zero-order valence-corrected chi connectivity index (χ0v) is 17.3. The molecule has 0 spiro atoms. The summed E-state index contributed by atoms with van der Waals surface area (Å²) in [6, 6.07) is 14.2. The molecule has 0 fully saturated rings. The van der Waals surface area contributed by atoms with E-state index in [1.807, 2.05) is 17.4 Å². The lowest BCUT2D eigenvalue weighted by atomic mass is 10.1. The van der Waals surface area contributed by atoms with Crippen molar-refractivity contribution in [3.63, 3.8) is 0 Å². The number of hydrogen-bond acceptors (Lipinski definition) is 4. The smallest absolute Gasteiger partial charge is 0.407 e. The summed E-state index contributed by atoms with van der Waals surface area (Å²) in [5.74, 6) is -0.923. The Bertz CT molecular complexity index is 1320. The lowest BCUT2D eigenvalue weighted by Crippen LogP contribution is -2.36. The van der Waals surface area contributed by atoms with Crippen LogP contribution in [0.2, 0.25) is 0 Å². The standard InChI is InChI=1S/C22H20F3N3O4/c1-13(32-21(31)26-12-11-22(23,24)25)19(29)27-18-16-9-4-3-7-14(16)15-8-5-6-10-17(15)28(2)20(18)30/h3-10,13H,11-12H2,1-2H3,(H,26,31)/t13-/m0/s1. The number of ether oxygens (including phenoxy) is 1. The van der Waals surface area contributed by atoms with Gasteiger partial charge >= 0.3 is 12.3 Å². The van der Waals surface area contributed by atoms with E-state index in [1.165, 1.54) is 11.5 Å². The molecule has 0 saturated carbocycles. The SMILES string of the molecule is C[C@H](OC(=O)NCCC(F)(F)F)C(=O)N=c1c(=O)n(C)c2ccccc2c2ccccc12. The van der Waals surface area contributed by atoms with Gasteiger partial charge in [0.1, 0.15) is 5.36 Å². The average molecular weight is 447 g/mol. The predicted octanol–water partition coefficient (Wildman–Crippen LogP) is 3.19. The van der Waals surface area contributed by atoms with Crippen LogP contribution in [0.25, 0.3) is 21.7 Å². The van der Waals surface area contributed by atoms with Gasteiger partial charge in [0.15, 0.2) is 6.10 Å². The third-order valence-electron chi connectivity index (χ3n) is 4.78. The number of carbonyl (C=O) groups is 2. The average Bonchev–Trinajstić information content (AvgIpc) is 2.83. The second-order valence-corrected chi connectivity index (χ2v) is 7.07. The Labute approximate surface area is 180 Å². The lowest BCUT2D eigenvalue weighted by Gasteiger charge is -2.11. The van der Waals surface area contributed by atoms with Gasteiger partial charge in [0, 0.05) is 24.4 Å². The highest BCUT2D eigenvalue weighted by Gasteiger charge is 2.27. The summed E-state index contributed by atoms with van der Waals surface area (Å²) in [4.78, 5) is 41.3. The number of halogens is 3.